The van der Waals surface area contributed by atoms with E-state index in [0.29, 0.717) is 35.2 Å². The summed E-state index contributed by atoms with van der Waals surface area (Å²) in [6.07, 6.45) is 5.17. The predicted octanol–water partition coefficient (Wildman–Crippen LogP) is 4.87. The van der Waals surface area contributed by atoms with Crippen LogP contribution >= 0.6 is 0 Å². The van der Waals surface area contributed by atoms with Crippen LogP contribution in [0.3, 0.4) is 0 Å². The number of anilines is 1. The first-order chi connectivity index (χ1) is 15.0. The normalized spacial score (nSPS) is 10.9. The van der Waals surface area contributed by atoms with Crippen LogP contribution in [-0.2, 0) is 13.1 Å². The third kappa shape index (κ3) is 4.61. The molecule has 0 bridgehead atoms. The van der Waals surface area contributed by atoms with Crippen LogP contribution in [0.15, 0.2) is 61.1 Å². The van der Waals surface area contributed by atoms with Gasteiger partial charge in [0, 0.05) is 37.1 Å². The monoisotopic (exact) mass is 419 g/mol. The van der Waals surface area contributed by atoms with Crippen molar-refractivity contribution in [2.75, 3.05) is 5.32 Å². The van der Waals surface area contributed by atoms with Gasteiger partial charge in [0.1, 0.15) is 17.6 Å². The molecular formula is C23H19F2N5O. The van der Waals surface area contributed by atoms with Gasteiger partial charge in [0.15, 0.2) is 0 Å². The summed E-state index contributed by atoms with van der Waals surface area (Å²) < 4.78 is 31.8. The average Bonchev–Trinajstić information content (AvgIpc) is 3.16. The van der Waals surface area contributed by atoms with Crippen molar-refractivity contribution in [1.82, 2.24) is 14.5 Å². The lowest BCUT2D eigenvalue weighted by Crippen LogP contribution is -2.06. The van der Waals surface area contributed by atoms with E-state index in [1.165, 1.54) is 18.3 Å². The molecule has 0 atom stereocenters. The zero-order valence-electron chi connectivity index (χ0n) is 16.7. The SMILES string of the molecule is Cc1nccn1Cc1cccc(CNc2c(C#N)cnc3ccc(OC(F)F)cc23)c1. The maximum absolute atomic E-state index is 12.6. The lowest BCUT2D eigenvalue weighted by atomic mass is 10.1. The Balaban J connectivity index is 1.60. The molecule has 31 heavy (non-hydrogen) atoms. The number of hydrogen-bond acceptors (Lipinski definition) is 5. The highest BCUT2D eigenvalue weighted by Gasteiger charge is 2.12. The van der Waals surface area contributed by atoms with Gasteiger partial charge in [0.05, 0.1) is 16.8 Å². The Morgan fingerprint density at radius 2 is 2.00 bits per heavy atom. The van der Waals surface area contributed by atoms with E-state index < -0.39 is 6.61 Å². The van der Waals surface area contributed by atoms with Gasteiger partial charge in [-0.1, -0.05) is 24.3 Å². The second kappa shape index (κ2) is 8.79. The molecule has 0 fully saturated rings. The highest BCUT2D eigenvalue weighted by molar-refractivity contribution is 5.94. The highest BCUT2D eigenvalue weighted by atomic mass is 19.3. The molecule has 6 nitrogen and oxygen atoms in total. The quantitative estimate of drug-likeness (QED) is 0.462. The molecule has 2 aromatic heterocycles. The number of pyridine rings is 1. The van der Waals surface area contributed by atoms with Gasteiger partial charge in [-0.3, -0.25) is 4.98 Å². The van der Waals surface area contributed by atoms with Gasteiger partial charge >= 0.3 is 6.61 Å². The first-order valence-electron chi connectivity index (χ1n) is 9.60. The molecule has 0 aliphatic heterocycles. The van der Waals surface area contributed by atoms with E-state index in [1.807, 2.05) is 31.3 Å². The van der Waals surface area contributed by atoms with Crippen LogP contribution in [0.1, 0.15) is 22.5 Å². The molecule has 0 spiro atoms. The van der Waals surface area contributed by atoms with E-state index in [9.17, 15) is 14.0 Å². The summed E-state index contributed by atoms with van der Waals surface area (Å²) in [5.41, 5.74) is 3.57. The highest BCUT2D eigenvalue weighted by Crippen LogP contribution is 2.30. The van der Waals surface area contributed by atoms with Crippen molar-refractivity contribution in [1.29, 1.82) is 5.26 Å². The summed E-state index contributed by atoms with van der Waals surface area (Å²) in [7, 11) is 0. The smallest absolute Gasteiger partial charge is 0.387 e. The molecule has 0 amide bonds. The summed E-state index contributed by atoms with van der Waals surface area (Å²) in [5, 5.41) is 13.3. The van der Waals surface area contributed by atoms with Crippen LogP contribution in [-0.4, -0.2) is 21.1 Å². The number of imidazole rings is 1. The van der Waals surface area contributed by atoms with Gasteiger partial charge in [0.25, 0.3) is 0 Å². The molecule has 156 valence electrons. The molecule has 4 aromatic rings. The van der Waals surface area contributed by atoms with E-state index in [2.05, 4.69) is 36.7 Å². The predicted molar refractivity (Wildman–Crippen MR) is 113 cm³/mol. The Morgan fingerprint density at radius 1 is 1.16 bits per heavy atom. The van der Waals surface area contributed by atoms with Crippen LogP contribution in [0.2, 0.25) is 0 Å². The lowest BCUT2D eigenvalue weighted by Gasteiger charge is -2.14. The lowest BCUT2D eigenvalue weighted by molar-refractivity contribution is -0.0497. The van der Waals surface area contributed by atoms with Crippen molar-refractivity contribution in [3.63, 3.8) is 0 Å². The van der Waals surface area contributed by atoms with Crippen molar-refractivity contribution < 1.29 is 13.5 Å². The summed E-state index contributed by atoms with van der Waals surface area (Å²) in [6, 6.07) is 14.7. The van der Waals surface area contributed by atoms with E-state index in [1.54, 1.807) is 12.3 Å². The number of hydrogen-bond donors (Lipinski definition) is 1. The molecule has 1 N–H and O–H groups in total. The van der Waals surface area contributed by atoms with Crippen molar-refractivity contribution in [3.05, 3.63) is 83.6 Å². The first-order valence-corrected chi connectivity index (χ1v) is 9.60. The minimum Gasteiger partial charge on any atom is -0.435 e. The number of nitriles is 1. The van der Waals surface area contributed by atoms with E-state index in [0.717, 1.165) is 17.0 Å². The minimum absolute atomic E-state index is 0.0140. The fraction of sp³-hybridized carbons (Fsp3) is 0.174. The standard InChI is InChI=1S/C23H19F2N5O/c1-15-27-7-8-30(15)14-17-4-2-3-16(9-17)12-29-22-18(11-26)13-28-21-6-5-19(10-20(21)22)31-23(24)25/h2-10,13,23H,12,14H2,1H3,(H,28,29). The largest absolute Gasteiger partial charge is 0.435 e. The number of rotatable bonds is 7. The molecule has 0 radical (unpaired) electrons. The Hall–Kier alpha value is -3.99. The molecule has 4 rings (SSSR count). The summed E-state index contributed by atoms with van der Waals surface area (Å²) >= 11 is 0. The van der Waals surface area contributed by atoms with Gasteiger partial charge < -0.3 is 14.6 Å². The van der Waals surface area contributed by atoms with Gasteiger partial charge in [-0.05, 0) is 36.2 Å². The number of aryl methyl sites for hydroxylation is 1. The van der Waals surface area contributed by atoms with E-state index in [-0.39, 0.29) is 5.75 Å². The molecule has 8 heteroatoms. The van der Waals surface area contributed by atoms with Gasteiger partial charge in [-0.15, -0.1) is 0 Å². The molecule has 2 heterocycles. The number of nitrogens with zero attached hydrogens (tertiary/aromatic N) is 4. The number of ether oxygens (including phenoxy) is 1. The van der Waals surface area contributed by atoms with Gasteiger partial charge in [-0.25, -0.2) is 4.98 Å². The molecule has 2 aromatic carbocycles. The van der Waals surface area contributed by atoms with Gasteiger partial charge in [0.2, 0.25) is 0 Å². The number of aromatic nitrogens is 3. The third-order valence-corrected chi connectivity index (χ3v) is 4.92. The minimum atomic E-state index is -2.93. The zero-order chi connectivity index (χ0) is 21.8. The van der Waals surface area contributed by atoms with Crippen molar-refractivity contribution >= 4 is 16.6 Å². The van der Waals surface area contributed by atoms with Crippen molar-refractivity contribution in [2.45, 2.75) is 26.6 Å². The zero-order valence-corrected chi connectivity index (χ0v) is 16.7. The number of benzene rings is 2. The average molecular weight is 419 g/mol. The second-order valence-electron chi connectivity index (χ2n) is 6.99. The Kier molecular flexibility index (Phi) is 5.76. The topological polar surface area (TPSA) is 75.8 Å². The third-order valence-electron chi connectivity index (χ3n) is 4.92. The molecule has 0 aliphatic rings. The number of alkyl halides is 2. The Bertz CT molecular complexity index is 1260. The van der Waals surface area contributed by atoms with Crippen LogP contribution in [0, 0.1) is 18.3 Å². The van der Waals surface area contributed by atoms with Crippen LogP contribution in [0.5, 0.6) is 5.75 Å². The Labute approximate surface area is 177 Å². The molecular weight excluding hydrogens is 400 g/mol. The summed E-state index contributed by atoms with van der Waals surface area (Å²) in [6.45, 7) is 0.179. The van der Waals surface area contributed by atoms with Crippen molar-refractivity contribution in [2.24, 2.45) is 0 Å². The van der Waals surface area contributed by atoms with Crippen molar-refractivity contribution in [3.8, 4) is 11.8 Å². The molecule has 0 unspecified atom stereocenters. The summed E-state index contributed by atoms with van der Waals surface area (Å²) in [5.74, 6) is 0.951. The van der Waals surface area contributed by atoms with Crippen LogP contribution in [0.4, 0.5) is 14.5 Å². The van der Waals surface area contributed by atoms with Crippen LogP contribution < -0.4 is 10.1 Å². The maximum Gasteiger partial charge on any atom is 0.387 e. The fourth-order valence-corrected chi connectivity index (χ4v) is 3.42. The number of fused-ring (bicyclic) bond motifs is 1. The Morgan fingerprint density at radius 3 is 2.74 bits per heavy atom. The molecule has 0 aliphatic carbocycles. The molecule has 0 saturated heterocycles. The molecule has 0 saturated carbocycles. The van der Waals surface area contributed by atoms with E-state index in [4.69, 9.17) is 0 Å². The van der Waals surface area contributed by atoms with Crippen LogP contribution in [0.25, 0.3) is 10.9 Å². The number of nitrogens with one attached hydrogen (secondary N) is 1. The summed E-state index contributed by atoms with van der Waals surface area (Å²) in [4.78, 5) is 8.48. The number of halogens is 2. The maximum atomic E-state index is 12.6. The van der Waals surface area contributed by atoms with E-state index >= 15 is 0 Å². The van der Waals surface area contributed by atoms with Gasteiger partial charge in [-0.2, -0.15) is 14.0 Å². The fourth-order valence-electron chi connectivity index (χ4n) is 3.42. The first kappa shape index (κ1) is 20.3. The second-order valence-corrected chi connectivity index (χ2v) is 6.99.